The molecule has 1 heterocycles. The lowest BCUT2D eigenvalue weighted by molar-refractivity contribution is 0.0697. The Hall–Kier alpha value is -2.51. The normalized spacial score (nSPS) is 16.8. The van der Waals surface area contributed by atoms with Crippen molar-refractivity contribution >= 4 is 46.4 Å². The highest BCUT2D eigenvalue weighted by atomic mass is 35.5. The van der Waals surface area contributed by atoms with E-state index in [0.717, 1.165) is 17.0 Å². The minimum Gasteiger partial charge on any atom is -0.487 e. The molecule has 1 atom stereocenters. The molecule has 2 aromatic rings. The van der Waals surface area contributed by atoms with Crippen LogP contribution in [0.1, 0.15) is 38.8 Å². The van der Waals surface area contributed by atoms with Crippen LogP contribution < -0.4 is 20.7 Å². The molecule has 0 saturated heterocycles. The largest absolute Gasteiger partial charge is 0.487 e. The third kappa shape index (κ3) is 5.74. The van der Waals surface area contributed by atoms with E-state index >= 15 is 0 Å². The summed E-state index contributed by atoms with van der Waals surface area (Å²) in [6.07, 6.45) is 0.201. The molecule has 154 valence electrons. The average molecular weight is 434 g/mol. The Kier molecular flexibility index (Phi) is 6.49. The van der Waals surface area contributed by atoms with E-state index in [-0.39, 0.29) is 11.6 Å². The van der Waals surface area contributed by atoms with Gasteiger partial charge in [-0.15, -0.1) is 0 Å². The number of amides is 1. The van der Waals surface area contributed by atoms with Crippen molar-refractivity contribution < 1.29 is 14.3 Å². The molecule has 0 saturated carbocycles. The SMILES string of the molecule is CCOC(=O)Nc1ccc2c(c1)C(NC(=S)Nc1cccc(Cl)c1)CC(C)(C)O2. The van der Waals surface area contributed by atoms with Crippen molar-refractivity contribution in [2.24, 2.45) is 0 Å². The lowest BCUT2D eigenvalue weighted by atomic mass is 9.89. The summed E-state index contributed by atoms with van der Waals surface area (Å²) >= 11 is 11.5. The Morgan fingerprint density at radius 3 is 2.72 bits per heavy atom. The number of ether oxygens (including phenoxy) is 2. The topological polar surface area (TPSA) is 71.6 Å². The van der Waals surface area contributed by atoms with Gasteiger partial charge in [-0.1, -0.05) is 17.7 Å². The van der Waals surface area contributed by atoms with E-state index in [4.69, 9.17) is 33.3 Å². The molecule has 1 unspecified atom stereocenters. The van der Waals surface area contributed by atoms with Gasteiger partial charge < -0.3 is 20.1 Å². The van der Waals surface area contributed by atoms with Gasteiger partial charge in [0.05, 0.1) is 12.6 Å². The first-order chi connectivity index (χ1) is 13.8. The standard InChI is InChI=1S/C21H24ClN3O3S/c1-4-27-20(26)24-15-8-9-18-16(11-15)17(12-21(2,3)28-18)25-19(29)23-14-7-5-6-13(22)10-14/h5-11,17H,4,12H2,1-3H3,(H,24,26)(H2,23,25,29). The Morgan fingerprint density at radius 2 is 2.00 bits per heavy atom. The van der Waals surface area contributed by atoms with E-state index < -0.39 is 6.09 Å². The number of halogens is 1. The summed E-state index contributed by atoms with van der Waals surface area (Å²) in [5.41, 5.74) is 1.98. The van der Waals surface area contributed by atoms with E-state index in [2.05, 4.69) is 16.0 Å². The number of anilines is 2. The summed E-state index contributed by atoms with van der Waals surface area (Å²) in [5, 5.41) is 10.3. The predicted octanol–water partition coefficient (Wildman–Crippen LogP) is 5.50. The second-order valence-electron chi connectivity index (χ2n) is 7.33. The van der Waals surface area contributed by atoms with Crippen molar-refractivity contribution in [3.8, 4) is 5.75 Å². The van der Waals surface area contributed by atoms with E-state index in [9.17, 15) is 4.79 Å². The second-order valence-corrected chi connectivity index (χ2v) is 8.17. The summed E-state index contributed by atoms with van der Waals surface area (Å²) in [4.78, 5) is 11.8. The molecule has 0 aliphatic carbocycles. The van der Waals surface area contributed by atoms with Crippen molar-refractivity contribution in [3.05, 3.63) is 53.1 Å². The Balaban J connectivity index is 1.79. The Bertz CT molecular complexity index is 920. The Labute approximate surface area is 180 Å². The fraction of sp³-hybridized carbons (Fsp3) is 0.333. The van der Waals surface area contributed by atoms with Crippen LogP contribution in [0.2, 0.25) is 5.02 Å². The zero-order chi connectivity index (χ0) is 21.0. The molecule has 8 heteroatoms. The van der Waals surface area contributed by atoms with Gasteiger partial charge >= 0.3 is 6.09 Å². The molecule has 29 heavy (non-hydrogen) atoms. The quantitative estimate of drug-likeness (QED) is 0.553. The second kappa shape index (κ2) is 8.88. The summed E-state index contributed by atoms with van der Waals surface area (Å²) in [5.74, 6) is 0.749. The lowest BCUT2D eigenvalue weighted by Crippen LogP contribution is -2.42. The number of carbonyl (C=O) groups is 1. The zero-order valence-corrected chi connectivity index (χ0v) is 18.1. The van der Waals surface area contributed by atoms with Crippen molar-refractivity contribution in [1.82, 2.24) is 5.32 Å². The number of carbonyl (C=O) groups excluding carboxylic acids is 1. The van der Waals surface area contributed by atoms with Crippen LogP contribution >= 0.6 is 23.8 Å². The number of hydrogen-bond donors (Lipinski definition) is 3. The number of nitrogens with one attached hydrogen (secondary N) is 3. The summed E-state index contributed by atoms with van der Waals surface area (Å²) in [6.45, 7) is 6.13. The van der Waals surface area contributed by atoms with Crippen molar-refractivity contribution in [2.45, 2.75) is 38.8 Å². The Morgan fingerprint density at radius 1 is 1.24 bits per heavy atom. The van der Waals surface area contributed by atoms with Gasteiger partial charge in [-0.2, -0.15) is 0 Å². The predicted molar refractivity (Wildman–Crippen MR) is 120 cm³/mol. The summed E-state index contributed by atoms with van der Waals surface area (Å²) in [7, 11) is 0. The maximum absolute atomic E-state index is 11.8. The van der Waals surface area contributed by atoms with Gasteiger partial charge in [0.25, 0.3) is 0 Å². The molecule has 0 bridgehead atoms. The number of rotatable bonds is 4. The number of benzene rings is 2. The molecule has 0 fully saturated rings. The molecule has 0 spiro atoms. The fourth-order valence-electron chi connectivity index (χ4n) is 3.24. The smallest absolute Gasteiger partial charge is 0.411 e. The summed E-state index contributed by atoms with van der Waals surface area (Å²) in [6, 6.07) is 12.8. The van der Waals surface area contributed by atoms with Crippen LogP contribution in [0.4, 0.5) is 16.2 Å². The highest BCUT2D eigenvalue weighted by Crippen LogP contribution is 2.40. The van der Waals surface area contributed by atoms with E-state index in [1.54, 1.807) is 25.1 Å². The molecule has 1 amide bonds. The molecule has 0 aromatic heterocycles. The molecule has 1 aliphatic rings. The molecule has 3 rings (SSSR count). The van der Waals surface area contributed by atoms with Crippen LogP contribution in [0.15, 0.2) is 42.5 Å². The fourth-order valence-corrected chi connectivity index (χ4v) is 3.69. The van der Waals surface area contributed by atoms with E-state index in [1.807, 2.05) is 38.1 Å². The maximum atomic E-state index is 11.8. The minimum absolute atomic E-state index is 0.100. The van der Waals surface area contributed by atoms with E-state index in [1.165, 1.54) is 0 Å². The highest BCUT2D eigenvalue weighted by Gasteiger charge is 2.34. The van der Waals surface area contributed by atoms with Gasteiger partial charge in [0.1, 0.15) is 11.4 Å². The van der Waals surface area contributed by atoms with Crippen LogP contribution in [-0.4, -0.2) is 23.4 Å². The first kappa shape index (κ1) is 21.2. The summed E-state index contributed by atoms with van der Waals surface area (Å²) < 4.78 is 11.1. The van der Waals surface area contributed by atoms with Crippen LogP contribution in [0, 0.1) is 0 Å². The number of thiocarbonyl (C=S) groups is 1. The highest BCUT2D eigenvalue weighted by molar-refractivity contribution is 7.80. The first-order valence-corrected chi connectivity index (χ1v) is 10.1. The van der Waals surface area contributed by atoms with Crippen molar-refractivity contribution in [2.75, 3.05) is 17.2 Å². The molecule has 0 radical (unpaired) electrons. The molecule has 3 N–H and O–H groups in total. The van der Waals surface area contributed by atoms with Gasteiger partial charge in [-0.3, -0.25) is 5.32 Å². The van der Waals surface area contributed by atoms with E-state index in [0.29, 0.717) is 28.9 Å². The first-order valence-electron chi connectivity index (χ1n) is 9.35. The zero-order valence-electron chi connectivity index (χ0n) is 16.5. The van der Waals surface area contributed by atoms with Gasteiger partial charge in [-0.05, 0) is 69.4 Å². The van der Waals surface area contributed by atoms with Crippen molar-refractivity contribution in [3.63, 3.8) is 0 Å². The van der Waals surface area contributed by atoms with Crippen LogP contribution in [-0.2, 0) is 4.74 Å². The van der Waals surface area contributed by atoms with Gasteiger partial charge in [0, 0.05) is 28.4 Å². The molecule has 2 aromatic carbocycles. The lowest BCUT2D eigenvalue weighted by Gasteiger charge is -2.38. The van der Waals surface area contributed by atoms with Crippen LogP contribution in [0.3, 0.4) is 0 Å². The van der Waals surface area contributed by atoms with Crippen LogP contribution in [0.25, 0.3) is 0 Å². The van der Waals surface area contributed by atoms with Crippen molar-refractivity contribution in [1.29, 1.82) is 0 Å². The molecular weight excluding hydrogens is 410 g/mol. The van der Waals surface area contributed by atoms with Gasteiger partial charge in [-0.25, -0.2) is 4.79 Å². The third-order valence-corrected chi connectivity index (χ3v) is 4.83. The van der Waals surface area contributed by atoms with Gasteiger partial charge in [0.2, 0.25) is 0 Å². The van der Waals surface area contributed by atoms with Gasteiger partial charge in [0.15, 0.2) is 5.11 Å². The molecule has 6 nitrogen and oxygen atoms in total. The average Bonchev–Trinajstić information content (AvgIpc) is 2.61. The number of fused-ring (bicyclic) bond motifs is 1. The number of hydrogen-bond acceptors (Lipinski definition) is 4. The maximum Gasteiger partial charge on any atom is 0.411 e. The molecule has 1 aliphatic heterocycles. The monoisotopic (exact) mass is 433 g/mol. The minimum atomic E-state index is -0.493. The van der Waals surface area contributed by atoms with Crippen LogP contribution in [0.5, 0.6) is 5.75 Å². The molecular formula is C21H24ClN3O3S. The third-order valence-electron chi connectivity index (χ3n) is 4.38.